The van der Waals surface area contributed by atoms with Crippen molar-refractivity contribution in [3.63, 3.8) is 0 Å². The van der Waals surface area contributed by atoms with Gasteiger partial charge in [0.15, 0.2) is 0 Å². The normalized spacial score (nSPS) is 16.4. The van der Waals surface area contributed by atoms with Gasteiger partial charge in [0.1, 0.15) is 11.6 Å². The Kier molecular flexibility index (Phi) is 4.36. The summed E-state index contributed by atoms with van der Waals surface area (Å²) >= 11 is 0. The van der Waals surface area contributed by atoms with Crippen LogP contribution in [0.1, 0.15) is 24.4 Å². The molecule has 0 unspecified atom stereocenters. The van der Waals surface area contributed by atoms with E-state index in [0.29, 0.717) is 24.6 Å². The van der Waals surface area contributed by atoms with Crippen molar-refractivity contribution in [2.75, 3.05) is 17.9 Å². The van der Waals surface area contributed by atoms with Gasteiger partial charge in [-0.25, -0.2) is 17.5 Å². The molecule has 6 nitrogen and oxygen atoms in total. The van der Waals surface area contributed by atoms with Gasteiger partial charge < -0.3 is 4.74 Å². The molecule has 23 heavy (non-hydrogen) atoms. The maximum absolute atomic E-state index is 13.5. The lowest BCUT2D eigenvalue weighted by Gasteiger charge is -2.24. The number of rotatable bonds is 4. The Morgan fingerprint density at radius 1 is 1.30 bits per heavy atom. The van der Waals surface area contributed by atoms with E-state index >= 15 is 0 Å². The maximum Gasteiger partial charge on any atom is 0.263 e. The third-order valence-electron chi connectivity index (χ3n) is 3.77. The van der Waals surface area contributed by atoms with E-state index in [1.54, 1.807) is 23.9 Å². The highest BCUT2D eigenvalue weighted by molar-refractivity contribution is 7.92. The Bertz CT molecular complexity index is 778. The highest BCUT2D eigenvalue weighted by Gasteiger charge is 2.22. The number of anilines is 1. The number of nitrogens with zero attached hydrogens (tertiary/aromatic N) is 2. The van der Waals surface area contributed by atoms with Gasteiger partial charge in [0, 0.05) is 19.3 Å². The molecule has 2 heterocycles. The minimum atomic E-state index is -3.87. The van der Waals surface area contributed by atoms with Gasteiger partial charge in [-0.1, -0.05) is 0 Å². The molecule has 1 saturated heterocycles. The molecule has 124 valence electrons. The van der Waals surface area contributed by atoms with E-state index in [-0.39, 0.29) is 10.9 Å². The lowest BCUT2D eigenvalue weighted by molar-refractivity contribution is 0.0669. The molecule has 2 aromatic rings. The smallest absolute Gasteiger partial charge is 0.263 e. The predicted molar refractivity (Wildman–Crippen MR) is 83.3 cm³/mol. The van der Waals surface area contributed by atoms with Crippen LogP contribution in [0.15, 0.2) is 35.4 Å². The van der Waals surface area contributed by atoms with Crippen LogP contribution < -0.4 is 4.72 Å². The van der Waals surface area contributed by atoms with Gasteiger partial charge in [-0.05, 0) is 43.5 Å². The molecule has 0 atom stereocenters. The second-order valence-electron chi connectivity index (χ2n) is 5.57. The van der Waals surface area contributed by atoms with E-state index < -0.39 is 15.8 Å². The summed E-state index contributed by atoms with van der Waals surface area (Å²) in [7, 11) is -3.87. The Morgan fingerprint density at radius 3 is 2.74 bits per heavy atom. The molecule has 1 N–H and O–H groups in total. The minimum absolute atomic E-state index is 0.0886. The van der Waals surface area contributed by atoms with Crippen LogP contribution in [0.2, 0.25) is 0 Å². The molecular weight excluding hydrogens is 321 g/mol. The van der Waals surface area contributed by atoms with E-state index in [1.807, 2.05) is 0 Å². The van der Waals surface area contributed by atoms with Gasteiger partial charge in [0.05, 0.1) is 17.1 Å². The van der Waals surface area contributed by atoms with E-state index in [1.165, 1.54) is 12.1 Å². The van der Waals surface area contributed by atoms with Crippen LogP contribution in [0.3, 0.4) is 0 Å². The molecule has 0 aliphatic carbocycles. The number of halogens is 1. The van der Waals surface area contributed by atoms with Crippen LogP contribution in [-0.4, -0.2) is 31.4 Å². The van der Waals surface area contributed by atoms with Gasteiger partial charge in [-0.2, -0.15) is 5.10 Å². The predicted octanol–water partition coefficient (Wildman–Crippen LogP) is 2.48. The van der Waals surface area contributed by atoms with Crippen LogP contribution in [0.5, 0.6) is 0 Å². The first kappa shape index (κ1) is 15.9. The van der Waals surface area contributed by atoms with Crippen molar-refractivity contribution >= 4 is 15.8 Å². The van der Waals surface area contributed by atoms with Crippen LogP contribution in [-0.2, 0) is 14.8 Å². The van der Waals surface area contributed by atoms with E-state index in [4.69, 9.17) is 4.74 Å². The van der Waals surface area contributed by atoms with Crippen molar-refractivity contribution < 1.29 is 17.5 Å². The molecule has 1 aliphatic rings. The lowest BCUT2D eigenvalue weighted by Crippen LogP contribution is -2.23. The summed E-state index contributed by atoms with van der Waals surface area (Å²) in [5.41, 5.74) is 0.545. The number of hydrogen-bond acceptors (Lipinski definition) is 4. The summed E-state index contributed by atoms with van der Waals surface area (Å²) in [4.78, 5) is -0.102. The maximum atomic E-state index is 13.5. The van der Waals surface area contributed by atoms with Gasteiger partial charge in [0.2, 0.25) is 0 Å². The van der Waals surface area contributed by atoms with Crippen LogP contribution >= 0.6 is 0 Å². The molecule has 0 bridgehead atoms. The zero-order valence-corrected chi connectivity index (χ0v) is 13.5. The summed E-state index contributed by atoms with van der Waals surface area (Å²) < 4.78 is 47.9. The molecule has 8 heteroatoms. The Morgan fingerprint density at radius 2 is 2.04 bits per heavy atom. The molecule has 1 aromatic heterocycles. The van der Waals surface area contributed by atoms with Crippen molar-refractivity contribution in [3.8, 4) is 0 Å². The zero-order chi connectivity index (χ0) is 16.4. The highest BCUT2D eigenvalue weighted by atomic mass is 32.2. The minimum Gasteiger partial charge on any atom is -0.381 e. The molecule has 0 saturated carbocycles. The molecule has 1 fully saturated rings. The summed E-state index contributed by atoms with van der Waals surface area (Å²) in [6.07, 6.45) is 3.09. The first-order valence-corrected chi connectivity index (χ1v) is 8.85. The van der Waals surface area contributed by atoms with Gasteiger partial charge in [-0.15, -0.1) is 0 Å². The fourth-order valence-corrected chi connectivity index (χ4v) is 3.83. The Labute approximate surface area is 134 Å². The fourth-order valence-electron chi connectivity index (χ4n) is 2.67. The molecule has 0 amide bonds. The van der Waals surface area contributed by atoms with Crippen LogP contribution in [0.25, 0.3) is 0 Å². The van der Waals surface area contributed by atoms with Crippen molar-refractivity contribution in [2.24, 2.45) is 0 Å². The molecule has 1 aliphatic heterocycles. The van der Waals surface area contributed by atoms with E-state index in [9.17, 15) is 12.8 Å². The number of benzene rings is 1. The molecule has 3 rings (SSSR count). The zero-order valence-electron chi connectivity index (χ0n) is 12.7. The molecular formula is C15H18FN3O3S. The molecule has 1 aromatic carbocycles. The number of aryl methyl sites for hydroxylation is 1. The largest absolute Gasteiger partial charge is 0.381 e. The van der Waals surface area contributed by atoms with Gasteiger partial charge >= 0.3 is 0 Å². The number of aromatic nitrogens is 2. The van der Waals surface area contributed by atoms with Gasteiger partial charge in [0.25, 0.3) is 10.0 Å². The average molecular weight is 339 g/mol. The van der Waals surface area contributed by atoms with E-state index in [2.05, 4.69) is 9.82 Å². The number of hydrogen-bond donors (Lipinski definition) is 1. The first-order chi connectivity index (χ1) is 11.0. The first-order valence-electron chi connectivity index (χ1n) is 7.37. The third kappa shape index (κ3) is 3.53. The van der Waals surface area contributed by atoms with Crippen molar-refractivity contribution in [1.29, 1.82) is 0 Å². The van der Waals surface area contributed by atoms with E-state index in [0.717, 1.165) is 18.9 Å². The quantitative estimate of drug-likeness (QED) is 0.929. The summed E-state index contributed by atoms with van der Waals surface area (Å²) in [6.45, 7) is 2.90. The monoisotopic (exact) mass is 339 g/mol. The number of nitrogens with one attached hydrogen (secondary N) is 1. The standard InChI is InChI=1S/C15H18FN3O3S/c1-11-8-12(16)10-14(9-11)23(20,21)18-15-2-5-17-19(15)13-3-6-22-7-4-13/h2,5,8-10,13,18H,3-4,6-7H2,1H3. The summed E-state index contributed by atoms with van der Waals surface area (Å²) in [6, 6.07) is 5.40. The molecule has 0 radical (unpaired) electrons. The number of sulfonamides is 1. The van der Waals surface area contributed by atoms with Crippen molar-refractivity contribution in [1.82, 2.24) is 9.78 Å². The van der Waals surface area contributed by atoms with Crippen LogP contribution in [0.4, 0.5) is 10.2 Å². The summed E-state index contributed by atoms with van der Waals surface area (Å²) in [5, 5.41) is 4.21. The Balaban J connectivity index is 1.88. The Hall–Kier alpha value is -1.93. The summed E-state index contributed by atoms with van der Waals surface area (Å²) in [5.74, 6) is -0.206. The SMILES string of the molecule is Cc1cc(F)cc(S(=O)(=O)Nc2ccnn2C2CCOCC2)c1. The van der Waals surface area contributed by atoms with Gasteiger partial charge in [-0.3, -0.25) is 4.72 Å². The third-order valence-corrected chi connectivity index (χ3v) is 5.11. The van der Waals surface area contributed by atoms with Crippen LogP contribution in [0, 0.1) is 12.7 Å². The second-order valence-corrected chi connectivity index (χ2v) is 7.26. The van der Waals surface area contributed by atoms with Crippen molar-refractivity contribution in [3.05, 3.63) is 41.8 Å². The second kappa shape index (κ2) is 6.29. The average Bonchev–Trinajstić information content (AvgIpc) is 2.94. The number of ether oxygens (including phenoxy) is 1. The van der Waals surface area contributed by atoms with Crippen molar-refractivity contribution in [2.45, 2.75) is 30.7 Å². The lowest BCUT2D eigenvalue weighted by atomic mass is 10.1. The highest BCUT2D eigenvalue weighted by Crippen LogP contribution is 2.26. The molecule has 0 spiro atoms. The fraction of sp³-hybridized carbons (Fsp3) is 0.400. The topological polar surface area (TPSA) is 73.2 Å².